The standard InChI is InChI=1S/C25H37N4O3P/c1-5-15-33(31,29-30)16-19-7-9-20(10-8-19)21-11-13-22(14-12-21)24-18(4)32-25(27-6-2)23(28-24)17(3)26/h11-14,18-20H,5-10,15-16,26H2,1-4H3/b23-17-,27-25?. The lowest BCUT2D eigenvalue weighted by Crippen LogP contribution is -2.32. The van der Waals surface area contributed by atoms with Gasteiger partial charge >= 0.3 is 0 Å². The van der Waals surface area contributed by atoms with Crippen LogP contribution in [0.25, 0.3) is 0 Å². The highest BCUT2D eigenvalue weighted by Crippen LogP contribution is 2.52. The molecule has 180 valence electrons. The van der Waals surface area contributed by atoms with Crippen LogP contribution in [-0.2, 0) is 9.30 Å². The fraction of sp³-hybridized carbons (Fsp3) is 0.600. The SMILES string of the molecule is CCCP(=O)(CC1CCC(c2ccc(C3=N/C(=C(/C)N)C(=NCC)OC3C)cc2)CC1)N=O. The second-order valence-electron chi connectivity index (χ2n) is 9.24. The third kappa shape index (κ3) is 6.20. The Labute approximate surface area is 197 Å². The van der Waals surface area contributed by atoms with Crippen molar-refractivity contribution in [3.05, 3.63) is 51.7 Å². The molecule has 1 heterocycles. The van der Waals surface area contributed by atoms with Crippen molar-refractivity contribution in [3.8, 4) is 0 Å². The van der Waals surface area contributed by atoms with Gasteiger partial charge in [0.1, 0.15) is 11.8 Å². The normalized spacial score (nSPS) is 27.9. The van der Waals surface area contributed by atoms with Gasteiger partial charge in [-0.3, -0.25) is 9.56 Å². The van der Waals surface area contributed by atoms with Crippen LogP contribution in [-0.4, -0.2) is 36.6 Å². The van der Waals surface area contributed by atoms with Crippen molar-refractivity contribution in [2.24, 2.45) is 26.6 Å². The largest absolute Gasteiger partial charge is 0.467 e. The fourth-order valence-corrected chi connectivity index (χ4v) is 7.07. The van der Waals surface area contributed by atoms with Crippen LogP contribution in [0.5, 0.6) is 0 Å². The second-order valence-corrected chi connectivity index (χ2v) is 11.9. The van der Waals surface area contributed by atoms with Crippen molar-refractivity contribution in [2.75, 3.05) is 18.9 Å². The van der Waals surface area contributed by atoms with E-state index in [-0.39, 0.29) is 6.10 Å². The summed E-state index contributed by atoms with van der Waals surface area (Å²) in [5, 5.41) is 0. The van der Waals surface area contributed by atoms with Crippen LogP contribution in [0, 0.1) is 10.8 Å². The summed E-state index contributed by atoms with van der Waals surface area (Å²) in [7, 11) is -2.89. The Morgan fingerprint density at radius 3 is 2.39 bits per heavy atom. The Kier molecular flexibility index (Phi) is 8.63. The minimum atomic E-state index is -2.89. The first-order valence-electron chi connectivity index (χ1n) is 12.1. The molecule has 0 saturated heterocycles. The van der Waals surface area contributed by atoms with Crippen LogP contribution in [0.3, 0.4) is 0 Å². The lowest BCUT2D eigenvalue weighted by molar-refractivity contribution is 0.267. The van der Waals surface area contributed by atoms with E-state index in [9.17, 15) is 9.47 Å². The van der Waals surface area contributed by atoms with Gasteiger partial charge in [0, 0.05) is 24.6 Å². The highest BCUT2D eigenvalue weighted by molar-refractivity contribution is 7.62. The van der Waals surface area contributed by atoms with Crippen LogP contribution in [0.1, 0.15) is 76.8 Å². The first-order chi connectivity index (χ1) is 15.8. The summed E-state index contributed by atoms with van der Waals surface area (Å²) in [6, 6.07) is 8.58. The zero-order valence-corrected chi connectivity index (χ0v) is 21.2. The summed E-state index contributed by atoms with van der Waals surface area (Å²) in [4.78, 5) is 23.3. The molecule has 0 spiro atoms. The number of nitroso groups, excluding NO2 is 1. The molecule has 7 nitrogen and oxygen atoms in total. The molecule has 1 saturated carbocycles. The maximum atomic E-state index is 12.6. The topological polar surface area (TPSA) is 106 Å². The molecule has 1 fully saturated rings. The van der Waals surface area contributed by atoms with Gasteiger partial charge in [-0.2, -0.15) is 0 Å². The molecule has 3 rings (SSSR count). The van der Waals surface area contributed by atoms with Crippen molar-refractivity contribution in [2.45, 2.75) is 71.8 Å². The number of hydrogen-bond acceptors (Lipinski definition) is 6. The number of ether oxygens (including phenoxy) is 1. The van der Waals surface area contributed by atoms with Gasteiger partial charge in [-0.1, -0.05) is 31.2 Å². The average Bonchev–Trinajstić information content (AvgIpc) is 2.80. The number of nitrogens with two attached hydrogens (primary N) is 1. The first kappa shape index (κ1) is 25.4. The monoisotopic (exact) mass is 472 g/mol. The Balaban J connectivity index is 1.68. The van der Waals surface area contributed by atoms with Gasteiger partial charge in [0.2, 0.25) is 13.2 Å². The summed E-state index contributed by atoms with van der Waals surface area (Å²) in [5.41, 5.74) is 10.4. The summed E-state index contributed by atoms with van der Waals surface area (Å²) >= 11 is 0. The van der Waals surface area contributed by atoms with Crippen LogP contribution in [0.2, 0.25) is 0 Å². The molecule has 1 aliphatic heterocycles. The first-order valence-corrected chi connectivity index (χ1v) is 14.1. The summed E-state index contributed by atoms with van der Waals surface area (Å²) in [5.74, 6) is 1.33. The Bertz CT molecular complexity index is 972. The zero-order valence-electron chi connectivity index (χ0n) is 20.3. The van der Waals surface area contributed by atoms with Gasteiger partial charge < -0.3 is 10.5 Å². The Morgan fingerprint density at radius 1 is 1.18 bits per heavy atom. The van der Waals surface area contributed by atoms with E-state index < -0.39 is 7.29 Å². The smallest absolute Gasteiger partial charge is 0.237 e. The molecule has 1 aliphatic carbocycles. The molecule has 2 N–H and O–H groups in total. The van der Waals surface area contributed by atoms with Crippen molar-refractivity contribution in [3.63, 3.8) is 0 Å². The van der Waals surface area contributed by atoms with E-state index in [1.807, 2.05) is 27.7 Å². The summed E-state index contributed by atoms with van der Waals surface area (Å²) in [6.45, 7) is 8.32. The van der Waals surface area contributed by atoms with E-state index in [0.717, 1.165) is 43.4 Å². The lowest BCUT2D eigenvalue weighted by atomic mass is 9.79. The van der Waals surface area contributed by atoms with Crippen molar-refractivity contribution < 1.29 is 9.30 Å². The molecule has 0 amide bonds. The van der Waals surface area contributed by atoms with Crippen LogP contribution < -0.4 is 5.73 Å². The molecule has 2 aliphatic rings. The van der Waals surface area contributed by atoms with Gasteiger partial charge in [0.05, 0.1) is 5.71 Å². The van der Waals surface area contributed by atoms with E-state index in [1.165, 1.54) is 5.56 Å². The second kappa shape index (κ2) is 11.2. The highest BCUT2D eigenvalue weighted by atomic mass is 31.2. The summed E-state index contributed by atoms with van der Waals surface area (Å²) in [6.07, 6.45) is 5.55. The number of allylic oxidation sites excluding steroid dienone is 1. The molecule has 8 heteroatoms. The van der Waals surface area contributed by atoms with E-state index in [2.05, 4.69) is 34.2 Å². The Hall–Kier alpha value is -2.27. The van der Waals surface area contributed by atoms with E-state index in [1.54, 1.807) is 0 Å². The third-order valence-corrected chi connectivity index (χ3v) is 9.10. The van der Waals surface area contributed by atoms with Crippen molar-refractivity contribution in [1.82, 2.24) is 0 Å². The highest BCUT2D eigenvalue weighted by Gasteiger charge is 2.31. The van der Waals surface area contributed by atoms with Gasteiger partial charge in [-0.05, 0) is 80.8 Å². The molecule has 1 aromatic carbocycles. The molecular formula is C25H37N4O3P. The molecule has 0 radical (unpaired) electrons. The Morgan fingerprint density at radius 2 is 1.85 bits per heavy atom. The quantitative estimate of drug-likeness (QED) is 0.357. The molecule has 1 aromatic rings. The molecule has 33 heavy (non-hydrogen) atoms. The molecular weight excluding hydrogens is 435 g/mol. The predicted octanol–water partition coefficient (Wildman–Crippen LogP) is 6.23. The van der Waals surface area contributed by atoms with Crippen LogP contribution in [0.15, 0.2) is 50.6 Å². The number of benzene rings is 1. The molecule has 0 bridgehead atoms. The number of hydrogen-bond donors (Lipinski definition) is 1. The van der Waals surface area contributed by atoms with Gasteiger partial charge in [-0.25, -0.2) is 4.99 Å². The van der Waals surface area contributed by atoms with Crippen molar-refractivity contribution in [1.29, 1.82) is 0 Å². The molecule has 2 atom stereocenters. The molecule has 2 unspecified atom stereocenters. The van der Waals surface area contributed by atoms with Crippen molar-refractivity contribution >= 4 is 18.9 Å². The van der Waals surface area contributed by atoms with E-state index >= 15 is 0 Å². The van der Waals surface area contributed by atoms with Gasteiger partial charge in [0.15, 0.2) is 0 Å². The average molecular weight is 473 g/mol. The van der Waals surface area contributed by atoms with Gasteiger partial charge in [0.25, 0.3) is 0 Å². The maximum Gasteiger partial charge on any atom is 0.237 e. The lowest BCUT2D eigenvalue weighted by Gasteiger charge is -2.30. The number of aliphatic imine (C=N–C) groups is 2. The van der Waals surface area contributed by atoms with E-state index in [0.29, 0.717) is 48.0 Å². The van der Waals surface area contributed by atoms with Gasteiger partial charge in [-0.15, -0.1) is 4.91 Å². The summed E-state index contributed by atoms with van der Waals surface area (Å²) < 4.78 is 18.6. The number of rotatable bonds is 8. The molecule has 0 aromatic heterocycles. The maximum absolute atomic E-state index is 12.6. The predicted molar refractivity (Wildman–Crippen MR) is 137 cm³/mol. The minimum Gasteiger partial charge on any atom is -0.467 e. The van der Waals surface area contributed by atoms with Crippen LogP contribution in [0.4, 0.5) is 0 Å². The fourth-order valence-electron chi connectivity index (χ4n) is 4.87. The van der Waals surface area contributed by atoms with E-state index in [4.69, 9.17) is 15.5 Å². The minimum absolute atomic E-state index is 0.204. The van der Waals surface area contributed by atoms with Crippen LogP contribution >= 0.6 is 7.29 Å². The zero-order chi connectivity index (χ0) is 24.0. The number of nitrogens with zero attached hydrogens (tertiary/aromatic N) is 3. The third-order valence-electron chi connectivity index (χ3n) is 6.57.